The largest absolute Gasteiger partial charge is 0.510 e. The number of aliphatic hydroxyl groups excluding tert-OH is 2. The number of amides is 1. The Bertz CT molecular complexity index is 1360. The number of fused-ring (bicyclic) bond motifs is 5. The molecular formula is C28H36N4O7. The average molecular weight is 541 g/mol. The van der Waals surface area contributed by atoms with Crippen molar-refractivity contribution in [1.82, 2.24) is 9.80 Å². The summed E-state index contributed by atoms with van der Waals surface area (Å²) in [7, 11) is 7.17. The van der Waals surface area contributed by atoms with Crippen molar-refractivity contribution in [3.05, 3.63) is 45.4 Å². The molecule has 0 saturated heterocycles. The normalized spacial score (nSPS) is 30.4. The van der Waals surface area contributed by atoms with E-state index in [9.17, 15) is 34.8 Å². The number of carbonyl (C=O) groups excluding carboxylic acids is 3. The van der Waals surface area contributed by atoms with Gasteiger partial charge in [-0.1, -0.05) is 0 Å². The average Bonchev–Trinajstić information content (AvgIpc) is 2.84. The standard InChI is InChI=1S/C28H36N4O7/c1-6-32-8-7-16(30(2)3)13-11-17(33)19-14(21(13)32)9-12-10-15-22(31(4)5)24(35)20(27(29)38)26(37)28(15,39)25(36)18(12)23(19)34/h11-12,15-16,22,33,35-36,39H,6-10H2,1-5H3,(H2,29,38)/t12-,15-,16?,22-,28+/m1/s1. The number of allylic oxidation sites excluding steroid dienone is 1. The van der Waals surface area contributed by atoms with E-state index in [0.29, 0.717) is 12.1 Å². The molecule has 5 atom stereocenters. The van der Waals surface area contributed by atoms with Crippen LogP contribution in [0.15, 0.2) is 28.7 Å². The number of carbonyl (C=O) groups is 3. The third-order valence-corrected chi connectivity index (χ3v) is 9.08. The van der Waals surface area contributed by atoms with E-state index in [2.05, 4.69) is 9.80 Å². The Kier molecular flexibility index (Phi) is 6.32. The van der Waals surface area contributed by atoms with Gasteiger partial charge in [-0.3, -0.25) is 19.3 Å². The molecule has 1 aliphatic heterocycles. The monoisotopic (exact) mass is 540 g/mol. The smallest absolute Gasteiger partial charge is 0.255 e. The van der Waals surface area contributed by atoms with Gasteiger partial charge in [0.2, 0.25) is 5.78 Å². The molecule has 0 spiro atoms. The first kappa shape index (κ1) is 27.2. The maximum Gasteiger partial charge on any atom is 0.255 e. The summed E-state index contributed by atoms with van der Waals surface area (Å²) in [5.74, 6) is -6.43. The number of aromatic hydroxyl groups is 1. The van der Waals surface area contributed by atoms with Crippen molar-refractivity contribution in [3.8, 4) is 5.75 Å². The fourth-order valence-corrected chi connectivity index (χ4v) is 7.36. The highest BCUT2D eigenvalue weighted by Crippen LogP contribution is 2.54. The number of likely N-dealkylation sites (N-methyl/N-ethyl adjacent to an activating group) is 1. The Labute approximate surface area is 226 Å². The summed E-state index contributed by atoms with van der Waals surface area (Å²) >= 11 is 0. The number of phenolic OH excluding ortho intramolecular Hbond substituents is 1. The lowest BCUT2D eigenvalue weighted by molar-refractivity contribution is -0.148. The Morgan fingerprint density at radius 3 is 2.38 bits per heavy atom. The number of aliphatic hydroxyl groups is 3. The van der Waals surface area contributed by atoms with Gasteiger partial charge in [0.25, 0.3) is 5.91 Å². The number of hydrogen-bond acceptors (Lipinski definition) is 10. The van der Waals surface area contributed by atoms with Gasteiger partial charge in [0.1, 0.15) is 22.8 Å². The third kappa shape index (κ3) is 3.56. The number of primary amides is 1. The van der Waals surface area contributed by atoms with Crippen LogP contribution >= 0.6 is 0 Å². The summed E-state index contributed by atoms with van der Waals surface area (Å²) in [4.78, 5) is 45.4. The van der Waals surface area contributed by atoms with Gasteiger partial charge in [0.05, 0.1) is 11.6 Å². The van der Waals surface area contributed by atoms with E-state index in [-0.39, 0.29) is 35.8 Å². The second kappa shape index (κ2) is 9.07. The van der Waals surface area contributed by atoms with Crippen LogP contribution in [0.2, 0.25) is 0 Å². The lowest BCUT2D eigenvalue weighted by Crippen LogP contribution is -2.63. The number of nitrogens with zero attached hydrogens (tertiary/aromatic N) is 3. The number of phenols is 1. The molecule has 39 heavy (non-hydrogen) atoms. The van der Waals surface area contributed by atoms with Gasteiger partial charge >= 0.3 is 0 Å². The molecule has 4 aliphatic rings. The molecule has 1 amide bonds. The van der Waals surface area contributed by atoms with Crippen molar-refractivity contribution in [2.24, 2.45) is 17.6 Å². The maximum absolute atomic E-state index is 14.0. The van der Waals surface area contributed by atoms with Crippen molar-refractivity contribution >= 4 is 23.2 Å². The zero-order valence-electron chi connectivity index (χ0n) is 22.9. The second-order valence-corrected chi connectivity index (χ2v) is 11.5. The van der Waals surface area contributed by atoms with Crippen molar-refractivity contribution in [3.63, 3.8) is 0 Å². The van der Waals surface area contributed by atoms with E-state index in [1.54, 1.807) is 25.1 Å². The molecule has 1 aromatic rings. The molecule has 1 aromatic carbocycles. The van der Waals surface area contributed by atoms with Gasteiger partial charge in [0.15, 0.2) is 11.4 Å². The van der Waals surface area contributed by atoms with Crippen LogP contribution in [0.4, 0.5) is 5.69 Å². The summed E-state index contributed by atoms with van der Waals surface area (Å²) in [5.41, 5.74) is 4.34. The Hall–Kier alpha value is -3.41. The van der Waals surface area contributed by atoms with Crippen LogP contribution < -0.4 is 10.6 Å². The lowest BCUT2D eigenvalue weighted by Gasteiger charge is -2.50. The quantitative estimate of drug-likeness (QED) is 0.347. The van der Waals surface area contributed by atoms with Crippen LogP contribution in [0.5, 0.6) is 5.75 Å². The lowest BCUT2D eigenvalue weighted by atomic mass is 9.58. The summed E-state index contributed by atoms with van der Waals surface area (Å²) in [6, 6.07) is 0.634. The molecule has 0 bridgehead atoms. The maximum atomic E-state index is 14.0. The van der Waals surface area contributed by atoms with Crippen LogP contribution in [0.3, 0.4) is 0 Å². The number of anilines is 1. The van der Waals surface area contributed by atoms with Crippen LogP contribution in [-0.4, -0.2) is 101 Å². The molecule has 6 N–H and O–H groups in total. The van der Waals surface area contributed by atoms with E-state index < -0.39 is 58.0 Å². The Morgan fingerprint density at radius 2 is 1.82 bits per heavy atom. The number of hydrogen-bond donors (Lipinski definition) is 5. The van der Waals surface area contributed by atoms with Crippen molar-refractivity contribution in [2.45, 2.75) is 43.9 Å². The minimum absolute atomic E-state index is 0.0410. The molecule has 1 heterocycles. The first-order valence-corrected chi connectivity index (χ1v) is 13.2. The Balaban J connectivity index is 1.74. The molecule has 11 heteroatoms. The van der Waals surface area contributed by atoms with E-state index in [1.165, 1.54) is 0 Å². The van der Waals surface area contributed by atoms with Crippen molar-refractivity contribution in [1.29, 1.82) is 0 Å². The predicted molar refractivity (Wildman–Crippen MR) is 143 cm³/mol. The fraction of sp³-hybridized carbons (Fsp3) is 0.536. The molecule has 5 rings (SSSR count). The zero-order chi connectivity index (χ0) is 28.7. The van der Waals surface area contributed by atoms with Crippen molar-refractivity contribution < 1.29 is 34.8 Å². The summed E-state index contributed by atoms with van der Waals surface area (Å²) < 4.78 is 0. The number of rotatable bonds is 4. The predicted octanol–water partition coefficient (Wildman–Crippen LogP) is 0.953. The number of benzene rings is 1. The number of ketones is 2. The van der Waals surface area contributed by atoms with Gasteiger partial charge in [-0.15, -0.1) is 0 Å². The van der Waals surface area contributed by atoms with E-state index in [4.69, 9.17) is 5.73 Å². The molecule has 3 aliphatic carbocycles. The highest BCUT2D eigenvalue weighted by molar-refractivity contribution is 6.24. The number of nitrogens with two attached hydrogens (primary N) is 1. The van der Waals surface area contributed by atoms with E-state index in [0.717, 1.165) is 24.2 Å². The van der Waals surface area contributed by atoms with Crippen LogP contribution in [0.25, 0.3) is 0 Å². The summed E-state index contributed by atoms with van der Waals surface area (Å²) in [6.07, 6.45) is 1.20. The minimum atomic E-state index is -2.64. The van der Waals surface area contributed by atoms with Gasteiger partial charge in [-0.25, -0.2) is 0 Å². The topological polar surface area (TPSA) is 168 Å². The SMILES string of the molecule is CCN1CCC(N(C)C)c2cc(O)c3c(c21)C[C@@H]1C[C@@H]2[C@@H](N(C)C)C(O)=C(C(N)=O)C(=O)[C@@]2(O)C(O)=C1C3=O. The molecule has 1 unspecified atom stereocenters. The molecule has 0 aromatic heterocycles. The molecule has 0 saturated carbocycles. The highest BCUT2D eigenvalue weighted by Gasteiger charge is 2.63. The Morgan fingerprint density at radius 1 is 1.15 bits per heavy atom. The number of Topliss-reactive ketones (excluding diaryl/α,β-unsaturated/α-hetero) is 2. The van der Waals surface area contributed by atoms with Crippen LogP contribution in [0.1, 0.15) is 47.3 Å². The van der Waals surface area contributed by atoms with E-state index >= 15 is 0 Å². The van der Waals surface area contributed by atoms with Crippen LogP contribution in [0, 0.1) is 11.8 Å². The molecule has 11 nitrogen and oxygen atoms in total. The second-order valence-electron chi connectivity index (χ2n) is 11.5. The first-order valence-electron chi connectivity index (χ1n) is 13.2. The van der Waals surface area contributed by atoms with Crippen molar-refractivity contribution in [2.75, 3.05) is 46.2 Å². The highest BCUT2D eigenvalue weighted by atomic mass is 16.3. The minimum Gasteiger partial charge on any atom is -0.510 e. The van der Waals surface area contributed by atoms with Gasteiger partial charge in [0, 0.05) is 36.3 Å². The summed E-state index contributed by atoms with van der Waals surface area (Å²) in [6.45, 7) is 3.50. The van der Waals surface area contributed by atoms with E-state index in [1.807, 2.05) is 21.0 Å². The van der Waals surface area contributed by atoms with Gasteiger partial charge < -0.3 is 36.0 Å². The molecule has 0 fully saturated rings. The van der Waals surface area contributed by atoms with Crippen LogP contribution in [-0.2, 0) is 16.0 Å². The third-order valence-electron chi connectivity index (χ3n) is 9.08. The first-order chi connectivity index (χ1) is 18.3. The fourth-order valence-electron chi connectivity index (χ4n) is 7.36. The molecular weight excluding hydrogens is 504 g/mol. The van der Waals surface area contributed by atoms with Gasteiger partial charge in [-0.05, 0) is 77.5 Å². The molecule has 210 valence electrons. The molecule has 0 radical (unpaired) electrons. The van der Waals surface area contributed by atoms with Gasteiger partial charge in [-0.2, -0.15) is 0 Å². The zero-order valence-corrected chi connectivity index (χ0v) is 22.9. The summed E-state index contributed by atoms with van der Waals surface area (Å²) in [5, 5.41) is 45.3.